The molecule has 0 saturated heterocycles. The summed E-state index contributed by atoms with van der Waals surface area (Å²) in [4.78, 5) is 15.8. The van der Waals surface area contributed by atoms with E-state index in [1.165, 1.54) is 0 Å². The van der Waals surface area contributed by atoms with Crippen molar-refractivity contribution in [3.63, 3.8) is 0 Å². The van der Waals surface area contributed by atoms with Crippen LogP contribution >= 0.6 is 0 Å². The molecule has 0 spiro atoms. The maximum absolute atomic E-state index is 12.9. The predicted octanol–water partition coefficient (Wildman–Crippen LogP) is 4.24. The molecule has 0 saturated carbocycles. The van der Waals surface area contributed by atoms with Crippen LogP contribution < -0.4 is 5.32 Å². The lowest BCUT2D eigenvalue weighted by Gasteiger charge is -2.10. The number of hydrogen-bond donors (Lipinski definition) is 2. The summed E-state index contributed by atoms with van der Waals surface area (Å²) >= 11 is 0. The molecule has 2 N–H and O–H groups in total. The highest BCUT2D eigenvalue weighted by atomic mass is 19.3. The van der Waals surface area contributed by atoms with Gasteiger partial charge in [-0.1, -0.05) is 12.1 Å². The zero-order valence-corrected chi connectivity index (χ0v) is 13.4. The molecule has 25 heavy (non-hydrogen) atoms. The van der Waals surface area contributed by atoms with E-state index in [1.807, 2.05) is 30.5 Å². The quantitative estimate of drug-likeness (QED) is 0.584. The Bertz CT molecular complexity index is 1050. The van der Waals surface area contributed by atoms with Gasteiger partial charge in [0.25, 0.3) is 5.92 Å². The van der Waals surface area contributed by atoms with Gasteiger partial charge in [0.1, 0.15) is 5.65 Å². The van der Waals surface area contributed by atoms with Gasteiger partial charge in [0.15, 0.2) is 0 Å². The summed E-state index contributed by atoms with van der Waals surface area (Å²) in [6, 6.07) is 9.90. The van der Waals surface area contributed by atoms with Crippen molar-refractivity contribution in [3.8, 4) is 11.1 Å². The van der Waals surface area contributed by atoms with Gasteiger partial charge < -0.3 is 10.3 Å². The lowest BCUT2D eigenvalue weighted by Crippen LogP contribution is -2.23. The van der Waals surface area contributed by atoms with Crippen LogP contribution in [0.3, 0.4) is 0 Å². The number of nitrogens with zero attached hydrogens (tertiary/aromatic N) is 3. The first-order valence-corrected chi connectivity index (χ1v) is 7.81. The highest BCUT2D eigenvalue weighted by Gasteiger charge is 2.21. The van der Waals surface area contributed by atoms with Gasteiger partial charge in [-0.25, -0.2) is 13.8 Å². The monoisotopic (exact) mass is 339 g/mol. The minimum Gasteiger partial charge on any atom is -0.348 e. The molecule has 0 aliphatic heterocycles. The third kappa shape index (κ3) is 3.13. The van der Waals surface area contributed by atoms with Crippen LogP contribution in [0.15, 0.2) is 48.9 Å². The molecule has 7 heteroatoms. The summed E-state index contributed by atoms with van der Waals surface area (Å²) in [5.74, 6) is -2.65. The fourth-order valence-corrected chi connectivity index (χ4v) is 2.71. The van der Waals surface area contributed by atoms with E-state index < -0.39 is 12.5 Å². The van der Waals surface area contributed by atoms with Crippen LogP contribution in [-0.2, 0) is 0 Å². The molecule has 1 aromatic carbocycles. The zero-order valence-electron chi connectivity index (χ0n) is 13.4. The van der Waals surface area contributed by atoms with Crippen molar-refractivity contribution < 1.29 is 8.78 Å². The van der Waals surface area contributed by atoms with Crippen molar-refractivity contribution in [1.29, 1.82) is 0 Å². The normalized spacial score (nSPS) is 12.0. The number of nitrogens with one attached hydrogen (secondary N) is 2. The van der Waals surface area contributed by atoms with Crippen LogP contribution in [0.25, 0.3) is 33.1 Å². The Kier molecular flexibility index (Phi) is 3.56. The van der Waals surface area contributed by atoms with Crippen molar-refractivity contribution in [3.05, 3.63) is 48.9 Å². The largest absolute Gasteiger partial charge is 0.348 e. The Hall–Kier alpha value is -3.09. The minimum absolute atomic E-state index is 0.171. The van der Waals surface area contributed by atoms with E-state index in [4.69, 9.17) is 0 Å². The van der Waals surface area contributed by atoms with E-state index in [0.717, 1.165) is 34.3 Å². The summed E-state index contributed by atoms with van der Waals surface area (Å²) in [5, 5.41) is 4.42. The van der Waals surface area contributed by atoms with Crippen LogP contribution in [0, 0.1) is 0 Å². The van der Waals surface area contributed by atoms with Gasteiger partial charge in [0.2, 0.25) is 5.95 Å². The Morgan fingerprint density at radius 2 is 2.08 bits per heavy atom. The number of halogens is 2. The average molecular weight is 339 g/mol. The van der Waals surface area contributed by atoms with Crippen LogP contribution in [0.4, 0.5) is 14.7 Å². The summed E-state index contributed by atoms with van der Waals surface area (Å²) in [7, 11) is 0. The Balaban J connectivity index is 1.70. The number of anilines is 1. The van der Waals surface area contributed by atoms with E-state index in [0.29, 0.717) is 5.65 Å². The lowest BCUT2D eigenvalue weighted by molar-refractivity contribution is 0.0366. The van der Waals surface area contributed by atoms with Gasteiger partial charge in [-0.05, 0) is 23.8 Å². The Labute approximate surface area is 142 Å². The molecule has 5 nitrogen and oxygen atoms in total. The standard InChI is InChI=1S/C18H15F2N5/c1-18(19,20)10-24-17-23-9-14-13(8-22-16(14)25-17)11-4-5-15-12(7-11)3-2-6-21-15/h2-9H,10H2,1H3,(H2,22,23,24,25). The van der Waals surface area contributed by atoms with E-state index in [-0.39, 0.29) is 5.95 Å². The summed E-state index contributed by atoms with van der Waals surface area (Å²) in [5.41, 5.74) is 3.48. The van der Waals surface area contributed by atoms with Crippen LogP contribution in [0.2, 0.25) is 0 Å². The Morgan fingerprint density at radius 3 is 2.92 bits per heavy atom. The van der Waals surface area contributed by atoms with Gasteiger partial charge in [-0.2, -0.15) is 4.98 Å². The molecule has 0 unspecified atom stereocenters. The first kappa shape index (κ1) is 15.4. The van der Waals surface area contributed by atoms with Gasteiger partial charge in [-0.15, -0.1) is 0 Å². The zero-order chi connectivity index (χ0) is 17.4. The predicted molar refractivity (Wildman–Crippen MR) is 93.7 cm³/mol. The molecule has 0 bridgehead atoms. The molecule has 0 amide bonds. The van der Waals surface area contributed by atoms with E-state index in [1.54, 1.807) is 12.4 Å². The highest BCUT2D eigenvalue weighted by molar-refractivity contribution is 5.96. The highest BCUT2D eigenvalue weighted by Crippen LogP contribution is 2.29. The molecule has 0 aliphatic rings. The second-order valence-corrected chi connectivity index (χ2v) is 5.99. The fraction of sp³-hybridized carbons (Fsp3) is 0.167. The maximum Gasteiger partial charge on any atom is 0.262 e. The maximum atomic E-state index is 12.9. The lowest BCUT2D eigenvalue weighted by atomic mass is 10.0. The smallest absolute Gasteiger partial charge is 0.262 e. The second kappa shape index (κ2) is 5.77. The fourth-order valence-electron chi connectivity index (χ4n) is 2.71. The number of aromatic amines is 1. The van der Waals surface area contributed by atoms with Gasteiger partial charge in [0.05, 0.1) is 12.1 Å². The third-order valence-electron chi connectivity index (χ3n) is 3.90. The number of pyridine rings is 1. The van der Waals surface area contributed by atoms with Gasteiger partial charge in [-0.3, -0.25) is 4.98 Å². The molecule has 0 aliphatic carbocycles. The van der Waals surface area contributed by atoms with Crippen molar-refractivity contribution in [2.45, 2.75) is 12.8 Å². The number of aromatic nitrogens is 4. The molecule has 4 rings (SSSR count). The molecular formula is C18H15F2N5. The molecular weight excluding hydrogens is 324 g/mol. The molecule has 3 aromatic heterocycles. The minimum atomic E-state index is -2.82. The van der Waals surface area contributed by atoms with Crippen molar-refractivity contribution in [2.75, 3.05) is 11.9 Å². The van der Waals surface area contributed by atoms with Crippen LogP contribution in [0.1, 0.15) is 6.92 Å². The SMILES string of the molecule is CC(F)(F)CNc1ncc2c(-c3ccc4ncccc4c3)c[nH]c2n1. The van der Waals surface area contributed by atoms with Crippen LogP contribution in [-0.4, -0.2) is 32.4 Å². The molecule has 0 atom stereocenters. The molecule has 0 fully saturated rings. The number of fused-ring (bicyclic) bond motifs is 2. The van der Waals surface area contributed by atoms with Crippen molar-refractivity contribution in [1.82, 2.24) is 19.9 Å². The summed E-state index contributed by atoms with van der Waals surface area (Å²) in [6.45, 7) is 0.337. The number of hydrogen-bond acceptors (Lipinski definition) is 4. The summed E-state index contributed by atoms with van der Waals surface area (Å²) in [6.07, 6.45) is 5.24. The topological polar surface area (TPSA) is 66.5 Å². The molecule has 4 aromatic rings. The molecule has 126 valence electrons. The third-order valence-corrected chi connectivity index (χ3v) is 3.90. The van der Waals surface area contributed by atoms with Crippen molar-refractivity contribution >= 4 is 27.9 Å². The van der Waals surface area contributed by atoms with Gasteiger partial charge in [0, 0.05) is 41.9 Å². The number of alkyl halides is 2. The Morgan fingerprint density at radius 1 is 1.20 bits per heavy atom. The number of rotatable bonds is 4. The number of H-pyrrole nitrogens is 1. The molecule has 3 heterocycles. The van der Waals surface area contributed by atoms with E-state index in [2.05, 4.69) is 31.3 Å². The first-order valence-electron chi connectivity index (χ1n) is 7.81. The average Bonchev–Trinajstić information content (AvgIpc) is 3.02. The number of benzene rings is 1. The first-order chi connectivity index (χ1) is 12.0. The summed E-state index contributed by atoms with van der Waals surface area (Å²) < 4.78 is 25.9. The second-order valence-electron chi connectivity index (χ2n) is 5.99. The van der Waals surface area contributed by atoms with E-state index >= 15 is 0 Å². The van der Waals surface area contributed by atoms with Crippen LogP contribution in [0.5, 0.6) is 0 Å². The van der Waals surface area contributed by atoms with Crippen molar-refractivity contribution in [2.24, 2.45) is 0 Å². The van der Waals surface area contributed by atoms with Gasteiger partial charge >= 0.3 is 0 Å². The molecule has 0 radical (unpaired) electrons. The van der Waals surface area contributed by atoms with E-state index in [9.17, 15) is 8.78 Å².